The molecule has 0 saturated carbocycles. The molecule has 0 bridgehead atoms. The number of unbranched alkanes of at least 4 members (excludes halogenated alkanes) is 2. The van der Waals surface area contributed by atoms with E-state index in [4.69, 9.17) is 0 Å². The normalized spacial score (nSPS) is 12.9. The molecule has 0 heterocycles. The van der Waals surface area contributed by atoms with Gasteiger partial charge in [-0.15, -0.1) is 0 Å². The first-order valence-electron chi connectivity index (χ1n) is 7.03. The third-order valence-corrected chi connectivity index (χ3v) is 3.91. The molecule has 1 aromatic carbocycles. The van der Waals surface area contributed by atoms with E-state index in [1.807, 2.05) is 11.8 Å². The zero-order valence-electron chi connectivity index (χ0n) is 12.0. The second kappa shape index (κ2) is 9.46. The lowest BCUT2D eigenvalue weighted by atomic mass is 9.96. The van der Waals surface area contributed by atoms with Gasteiger partial charge in [-0.2, -0.15) is 11.8 Å². The number of rotatable bonds is 9. The number of nitrogens with one attached hydrogen (secondary N) is 1. The van der Waals surface area contributed by atoms with Crippen LogP contribution in [0.15, 0.2) is 30.3 Å². The summed E-state index contributed by atoms with van der Waals surface area (Å²) < 4.78 is 0. The molecule has 0 aromatic heterocycles. The van der Waals surface area contributed by atoms with Gasteiger partial charge in [-0.05, 0) is 42.9 Å². The van der Waals surface area contributed by atoms with Crippen LogP contribution in [0, 0.1) is 5.92 Å². The molecule has 2 heteroatoms. The van der Waals surface area contributed by atoms with Gasteiger partial charge in [0.05, 0.1) is 0 Å². The van der Waals surface area contributed by atoms with Gasteiger partial charge >= 0.3 is 0 Å². The number of benzene rings is 1. The first kappa shape index (κ1) is 15.6. The second-order valence-corrected chi connectivity index (χ2v) is 6.13. The highest BCUT2D eigenvalue weighted by Crippen LogP contribution is 2.21. The maximum Gasteiger partial charge on any atom is 0.0343 e. The van der Waals surface area contributed by atoms with Gasteiger partial charge in [-0.3, -0.25) is 0 Å². The average molecular weight is 265 g/mol. The first-order chi connectivity index (χ1) is 8.75. The van der Waals surface area contributed by atoms with Gasteiger partial charge in [-0.25, -0.2) is 0 Å². The van der Waals surface area contributed by atoms with Crippen LogP contribution in [-0.2, 0) is 0 Å². The molecular formula is C16H27NS. The van der Waals surface area contributed by atoms with Gasteiger partial charge in [0, 0.05) is 6.04 Å². The summed E-state index contributed by atoms with van der Waals surface area (Å²) in [5, 5.41) is 3.71. The molecule has 0 saturated heterocycles. The molecule has 1 rings (SSSR count). The van der Waals surface area contributed by atoms with Crippen molar-refractivity contribution < 1.29 is 0 Å². The minimum absolute atomic E-state index is 0.492. The minimum atomic E-state index is 0.492. The molecule has 1 nitrogen and oxygen atoms in total. The highest BCUT2D eigenvalue weighted by molar-refractivity contribution is 7.98. The van der Waals surface area contributed by atoms with E-state index in [1.54, 1.807) is 0 Å². The van der Waals surface area contributed by atoms with E-state index in [0.29, 0.717) is 12.0 Å². The van der Waals surface area contributed by atoms with Crippen LogP contribution < -0.4 is 5.32 Å². The standard InChI is InChI=1S/C16H27NS/c1-14(2)16(15-10-6-4-7-11-15)17-12-8-5-9-13-18-3/h4,6-7,10-11,14,16-17H,5,8-9,12-13H2,1-3H3. The largest absolute Gasteiger partial charge is 0.310 e. The highest BCUT2D eigenvalue weighted by atomic mass is 32.2. The Hall–Kier alpha value is -0.470. The molecule has 102 valence electrons. The van der Waals surface area contributed by atoms with Gasteiger partial charge in [0.1, 0.15) is 0 Å². The Bertz CT molecular complexity index is 297. The molecule has 0 aliphatic carbocycles. The van der Waals surface area contributed by atoms with Gasteiger partial charge < -0.3 is 5.32 Å². The molecule has 18 heavy (non-hydrogen) atoms. The predicted octanol–water partition coefficient (Wildman–Crippen LogP) is 4.51. The maximum absolute atomic E-state index is 3.71. The lowest BCUT2D eigenvalue weighted by Crippen LogP contribution is -2.26. The van der Waals surface area contributed by atoms with Crippen molar-refractivity contribution in [2.45, 2.75) is 39.2 Å². The maximum atomic E-state index is 3.71. The van der Waals surface area contributed by atoms with E-state index < -0.39 is 0 Å². The van der Waals surface area contributed by atoms with Gasteiger partial charge in [-0.1, -0.05) is 50.6 Å². The SMILES string of the molecule is CSCCCCCNC(c1ccccc1)C(C)C. The Morgan fingerprint density at radius 3 is 2.39 bits per heavy atom. The molecule has 0 aliphatic rings. The molecule has 0 aliphatic heterocycles. The van der Waals surface area contributed by atoms with Gasteiger partial charge in [0.15, 0.2) is 0 Å². The summed E-state index contributed by atoms with van der Waals surface area (Å²) in [4.78, 5) is 0. The Morgan fingerprint density at radius 2 is 1.78 bits per heavy atom. The summed E-state index contributed by atoms with van der Waals surface area (Å²) in [5.74, 6) is 1.94. The third-order valence-electron chi connectivity index (χ3n) is 3.21. The zero-order valence-corrected chi connectivity index (χ0v) is 12.8. The summed E-state index contributed by atoms with van der Waals surface area (Å²) in [6.07, 6.45) is 6.16. The molecule has 0 amide bonds. The fourth-order valence-corrected chi connectivity index (χ4v) is 2.70. The van der Waals surface area contributed by atoms with Crippen LogP contribution >= 0.6 is 11.8 Å². The molecular weight excluding hydrogens is 238 g/mol. The first-order valence-corrected chi connectivity index (χ1v) is 8.42. The van der Waals surface area contributed by atoms with E-state index in [9.17, 15) is 0 Å². The fourth-order valence-electron chi connectivity index (χ4n) is 2.20. The minimum Gasteiger partial charge on any atom is -0.310 e. The van der Waals surface area contributed by atoms with Crippen LogP contribution in [0.1, 0.15) is 44.7 Å². The van der Waals surface area contributed by atoms with Crippen molar-refractivity contribution in [3.05, 3.63) is 35.9 Å². The number of thioether (sulfide) groups is 1. The lowest BCUT2D eigenvalue weighted by Gasteiger charge is -2.23. The van der Waals surface area contributed by atoms with Crippen LogP contribution in [0.4, 0.5) is 0 Å². The molecule has 1 N–H and O–H groups in total. The van der Waals surface area contributed by atoms with Crippen LogP contribution in [0.5, 0.6) is 0 Å². The molecule has 0 radical (unpaired) electrons. The quantitative estimate of drug-likeness (QED) is 0.659. The summed E-state index contributed by atoms with van der Waals surface area (Å²) in [5.41, 5.74) is 1.41. The lowest BCUT2D eigenvalue weighted by molar-refractivity contribution is 0.406. The second-order valence-electron chi connectivity index (χ2n) is 5.14. The van der Waals surface area contributed by atoms with Crippen LogP contribution in [-0.4, -0.2) is 18.6 Å². The predicted molar refractivity (Wildman–Crippen MR) is 84.3 cm³/mol. The van der Waals surface area contributed by atoms with Crippen molar-refractivity contribution in [2.75, 3.05) is 18.6 Å². The monoisotopic (exact) mass is 265 g/mol. The van der Waals surface area contributed by atoms with Crippen molar-refractivity contribution in [1.29, 1.82) is 0 Å². The van der Waals surface area contributed by atoms with Crippen molar-refractivity contribution in [3.63, 3.8) is 0 Å². The van der Waals surface area contributed by atoms with E-state index in [1.165, 1.54) is 30.6 Å². The summed E-state index contributed by atoms with van der Waals surface area (Å²) in [6.45, 7) is 5.71. The van der Waals surface area contributed by atoms with Crippen molar-refractivity contribution in [2.24, 2.45) is 5.92 Å². The topological polar surface area (TPSA) is 12.0 Å². The summed E-state index contributed by atoms with van der Waals surface area (Å²) >= 11 is 1.95. The molecule has 0 spiro atoms. The Balaban J connectivity index is 2.31. The fraction of sp³-hybridized carbons (Fsp3) is 0.625. The molecule has 1 aromatic rings. The van der Waals surface area contributed by atoms with E-state index in [2.05, 4.69) is 55.8 Å². The van der Waals surface area contributed by atoms with Crippen molar-refractivity contribution >= 4 is 11.8 Å². The van der Waals surface area contributed by atoms with E-state index >= 15 is 0 Å². The molecule has 0 fully saturated rings. The van der Waals surface area contributed by atoms with Crippen LogP contribution in [0.2, 0.25) is 0 Å². The Labute approximate surface area is 117 Å². The van der Waals surface area contributed by atoms with Crippen LogP contribution in [0.25, 0.3) is 0 Å². The molecule has 1 atom stereocenters. The van der Waals surface area contributed by atoms with Crippen molar-refractivity contribution in [3.8, 4) is 0 Å². The number of hydrogen-bond acceptors (Lipinski definition) is 2. The Kier molecular flexibility index (Phi) is 8.19. The third kappa shape index (κ3) is 5.92. The van der Waals surface area contributed by atoms with E-state index in [0.717, 1.165) is 6.54 Å². The zero-order chi connectivity index (χ0) is 13.2. The Morgan fingerprint density at radius 1 is 1.06 bits per heavy atom. The van der Waals surface area contributed by atoms with Gasteiger partial charge in [0.2, 0.25) is 0 Å². The van der Waals surface area contributed by atoms with Gasteiger partial charge in [0.25, 0.3) is 0 Å². The van der Waals surface area contributed by atoms with E-state index in [-0.39, 0.29) is 0 Å². The smallest absolute Gasteiger partial charge is 0.0343 e. The van der Waals surface area contributed by atoms with Crippen molar-refractivity contribution in [1.82, 2.24) is 5.32 Å². The van der Waals surface area contributed by atoms with Crippen LogP contribution in [0.3, 0.4) is 0 Å². The summed E-state index contributed by atoms with van der Waals surface area (Å²) in [7, 11) is 0. The number of hydrogen-bond donors (Lipinski definition) is 1. The highest BCUT2D eigenvalue weighted by Gasteiger charge is 2.13. The summed E-state index contributed by atoms with van der Waals surface area (Å²) in [6, 6.07) is 11.3. The average Bonchev–Trinajstić information content (AvgIpc) is 2.38. The molecule has 1 unspecified atom stereocenters.